The van der Waals surface area contributed by atoms with Gasteiger partial charge in [-0.15, -0.1) is 0 Å². The van der Waals surface area contributed by atoms with Gasteiger partial charge in [0, 0.05) is 6.42 Å². The molecule has 0 spiro atoms. The monoisotopic (exact) mass is 794 g/mol. The Kier molecular flexibility index (Phi) is 46.5. The van der Waals surface area contributed by atoms with Crippen molar-refractivity contribution in [2.45, 2.75) is 315 Å². The number of aliphatic hydroxyl groups excluding tert-OH is 3. The fourth-order valence-electron chi connectivity index (χ4n) is 8.46. The van der Waals surface area contributed by atoms with Gasteiger partial charge in [-0.2, -0.15) is 0 Å². The average Bonchev–Trinajstić information content (AvgIpc) is 3.20. The molecule has 0 aromatic rings. The van der Waals surface area contributed by atoms with Crippen molar-refractivity contribution in [1.82, 2.24) is 5.32 Å². The Balaban J connectivity index is 3.52. The zero-order valence-corrected chi connectivity index (χ0v) is 38.3. The van der Waals surface area contributed by atoms with Crippen LogP contribution in [-0.4, -0.2) is 46.1 Å². The van der Waals surface area contributed by atoms with E-state index in [0.717, 1.165) is 32.1 Å². The van der Waals surface area contributed by atoms with Crippen molar-refractivity contribution in [2.24, 2.45) is 0 Å². The first-order chi connectivity index (χ1) is 27.6. The van der Waals surface area contributed by atoms with E-state index in [4.69, 9.17) is 0 Å². The first-order valence-electron chi connectivity index (χ1n) is 25.8. The van der Waals surface area contributed by atoms with E-state index in [9.17, 15) is 20.1 Å². The van der Waals surface area contributed by atoms with Crippen LogP contribution < -0.4 is 5.32 Å². The molecule has 0 radical (unpaired) electrons. The molecule has 0 aromatic carbocycles. The molecule has 0 aliphatic carbocycles. The predicted octanol–water partition coefficient (Wildman–Crippen LogP) is 15.4. The van der Waals surface area contributed by atoms with Crippen LogP contribution in [0.15, 0.2) is 0 Å². The number of carbonyl (C=O) groups excluding carboxylic acids is 1. The Morgan fingerprint density at radius 2 is 0.607 bits per heavy atom. The van der Waals surface area contributed by atoms with Crippen LogP contribution in [0.1, 0.15) is 296 Å². The van der Waals surface area contributed by atoms with Gasteiger partial charge in [-0.3, -0.25) is 4.79 Å². The molecule has 0 saturated heterocycles. The summed E-state index contributed by atoms with van der Waals surface area (Å²) < 4.78 is 0. The van der Waals surface area contributed by atoms with Gasteiger partial charge in [-0.25, -0.2) is 0 Å². The van der Waals surface area contributed by atoms with Crippen molar-refractivity contribution in [3.8, 4) is 0 Å². The van der Waals surface area contributed by atoms with Crippen LogP contribution in [0, 0.1) is 0 Å². The molecule has 0 heterocycles. The maximum absolute atomic E-state index is 12.5. The minimum Gasteiger partial charge on any atom is -0.394 e. The standard InChI is InChI=1S/C51H103NO4/c1-3-5-7-9-11-13-15-17-19-21-23-25-26-28-30-32-34-36-38-40-42-44-46-50(55)52-48(47-53)51(56)49(54)45-43-41-39-37-35-33-31-29-27-24-22-20-18-16-14-12-10-8-6-4-2/h48-49,51,53-54,56H,3-47H2,1-2H3,(H,52,55). The van der Waals surface area contributed by atoms with E-state index in [1.54, 1.807) is 0 Å². The summed E-state index contributed by atoms with van der Waals surface area (Å²) in [6.45, 7) is 4.22. The summed E-state index contributed by atoms with van der Waals surface area (Å²) in [5, 5.41) is 33.7. The lowest BCUT2D eigenvalue weighted by Gasteiger charge is -2.26. The minimum absolute atomic E-state index is 0.137. The molecule has 5 nitrogen and oxygen atoms in total. The van der Waals surface area contributed by atoms with Crippen molar-refractivity contribution >= 4 is 5.91 Å². The van der Waals surface area contributed by atoms with Gasteiger partial charge >= 0.3 is 0 Å². The molecule has 0 fully saturated rings. The van der Waals surface area contributed by atoms with E-state index in [1.165, 1.54) is 238 Å². The zero-order chi connectivity index (χ0) is 40.8. The second-order valence-corrected chi connectivity index (χ2v) is 18.1. The lowest BCUT2D eigenvalue weighted by atomic mass is 9.99. The van der Waals surface area contributed by atoms with Crippen LogP contribution in [0.3, 0.4) is 0 Å². The Morgan fingerprint density at radius 3 is 0.857 bits per heavy atom. The summed E-state index contributed by atoms with van der Waals surface area (Å²) in [6.07, 6.45) is 55.2. The number of amides is 1. The molecule has 3 unspecified atom stereocenters. The van der Waals surface area contributed by atoms with Crippen LogP contribution in [0.25, 0.3) is 0 Å². The summed E-state index contributed by atoms with van der Waals surface area (Å²) in [7, 11) is 0. The summed E-state index contributed by atoms with van der Waals surface area (Å²) in [5.41, 5.74) is 0. The fraction of sp³-hybridized carbons (Fsp3) is 0.980. The highest BCUT2D eigenvalue weighted by Crippen LogP contribution is 2.18. The molecule has 1 amide bonds. The van der Waals surface area contributed by atoms with Gasteiger partial charge in [0.15, 0.2) is 0 Å². The highest BCUT2D eigenvalue weighted by Gasteiger charge is 2.26. The van der Waals surface area contributed by atoms with E-state index in [-0.39, 0.29) is 12.5 Å². The van der Waals surface area contributed by atoms with Crippen LogP contribution in [0.5, 0.6) is 0 Å². The second-order valence-electron chi connectivity index (χ2n) is 18.1. The smallest absolute Gasteiger partial charge is 0.220 e. The topological polar surface area (TPSA) is 89.8 Å². The number of aliphatic hydroxyl groups is 3. The van der Waals surface area contributed by atoms with Gasteiger partial charge in [0.2, 0.25) is 5.91 Å². The summed E-state index contributed by atoms with van der Waals surface area (Å²) in [5.74, 6) is -0.137. The minimum atomic E-state index is -1.13. The van der Waals surface area contributed by atoms with Crippen molar-refractivity contribution in [3.63, 3.8) is 0 Å². The predicted molar refractivity (Wildman–Crippen MR) is 246 cm³/mol. The number of rotatable bonds is 48. The largest absolute Gasteiger partial charge is 0.394 e. The molecule has 0 aromatic heterocycles. The molecule has 336 valence electrons. The van der Waals surface area contributed by atoms with E-state index in [2.05, 4.69) is 19.2 Å². The van der Waals surface area contributed by atoms with Gasteiger partial charge in [0.05, 0.1) is 18.8 Å². The zero-order valence-electron chi connectivity index (χ0n) is 38.3. The van der Waals surface area contributed by atoms with Crippen LogP contribution >= 0.6 is 0 Å². The number of unbranched alkanes of at least 4 members (excludes halogenated alkanes) is 40. The van der Waals surface area contributed by atoms with Crippen LogP contribution in [0.2, 0.25) is 0 Å². The Hall–Kier alpha value is -0.650. The maximum atomic E-state index is 12.5. The maximum Gasteiger partial charge on any atom is 0.220 e. The Morgan fingerprint density at radius 1 is 0.375 bits per heavy atom. The van der Waals surface area contributed by atoms with E-state index >= 15 is 0 Å². The van der Waals surface area contributed by atoms with E-state index in [1.807, 2.05) is 0 Å². The molecule has 0 bridgehead atoms. The molecular formula is C51H103NO4. The number of hydrogen-bond acceptors (Lipinski definition) is 4. The normalized spacial score (nSPS) is 13.3. The number of nitrogens with one attached hydrogen (secondary N) is 1. The van der Waals surface area contributed by atoms with Crippen LogP contribution in [0.4, 0.5) is 0 Å². The van der Waals surface area contributed by atoms with E-state index < -0.39 is 18.2 Å². The van der Waals surface area contributed by atoms with Crippen molar-refractivity contribution in [1.29, 1.82) is 0 Å². The summed E-state index contributed by atoms with van der Waals surface area (Å²) in [4.78, 5) is 12.5. The second kappa shape index (κ2) is 47.0. The molecule has 4 N–H and O–H groups in total. The third-order valence-electron chi connectivity index (χ3n) is 12.5. The SMILES string of the molecule is CCCCCCCCCCCCCCCCCCCCCCCCC(=O)NC(CO)C(O)C(O)CCCCCCCCCCCCCCCCCCCCCC. The first kappa shape index (κ1) is 55.4. The van der Waals surface area contributed by atoms with Gasteiger partial charge in [0.1, 0.15) is 6.10 Å². The molecule has 0 aliphatic heterocycles. The van der Waals surface area contributed by atoms with E-state index in [0.29, 0.717) is 12.8 Å². The third kappa shape index (κ3) is 41.5. The number of carbonyl (C=O) groups is 1. The molecule has 56 heavy (non-hydrogen) atoms. The van der Waals surface area contributed by atoms with Gasteiger partial charge in [-0.1, -0.05) is 277 Å². The highest BCUT2D eigenvalue weighted by atomic mass is 16.3. The first-order valence-corrected chi connectivity index (χ1v) is 25.8. The Labute approximate surface area is 351 Å². The molecule has 0 saturated carbocycles. The van der Waals surface area contributed by atoms with Gasteiger partial charge < -0.3 is 20.6 Å². The molecule has 5 heteroatoms. The van der Waals surface area contributed by atoms with Gasteiger partial charge in [-0.05, 0) is 12.8 Å². The number of hydrogen-bond donors (Lipinski definition) is 4. The van der Waals surface area contributed by atoms with Crippen molar-refractivity contribution < 1.29 is 20.1 Å². The fourth-order valence-corrected chi connectivity index (χ4v) is 8.46. The molecule has 0 aliphatic rings. The van der Waals surface area contributed by atoms with Crippen LogP contribution in [-0.2, 0) is 4.79 Å². The molecular weight excluding hydrogens is 691 g/mol. The Bertz CT molecular complexity index is 747. The molecule has 3 atom stereocenters. The third-order valence-corrected chi connectivity index (χ3v) is 12.5. The highest BCUT2D eigenvalue weighted by molar-refractivity contribution is 5.76. The lowest BCUT2D eigenvalue weighted by Crippen LogP contribution is -2.50. The average molecular weight is 794 g/mol. The summed E-state index contributed by atoms with van der Waals surface area (Å²) >= 11 is 0. The van der Waals surface area contributed by atoms with Gasteiger partial charge in [0.25, 0.3) is 0 Å². The molecule has 0 rings (SSSR count). The lowest BCUT2D eigenvalue weighted by molar-refractivity contribution is -0.124. The quantitative estimate of drug-likeness (QED) is 0.0462. The summed E-state index contributed by atoms with van der Waals surface area (Å²) in [6, 6.07) is -0.803. The van der Waals surface area contributed by atoms with Crippen molar-refractivity contribution in [2.75, 3.05) is 6.61 Å². The van der Waals surface area contributed by atoms with Crippen molar-refractivity contribution in [3.05, 3.63) is 0 Å².